The number of ether oxygens (including phenoxy) is 2. The number of aliphatic imine (C=N–C) groups is 1. The zero-order valence-electron chi connectivity index (χ0n) is 20.6. The van der Waals surface area contributed by atoms with E-state index in [-0.39, 0.29) is 11.0 Å². The number of nitrogens with zero attached hydrogens (tertiary/aromatic N) is 1. The van der Waals surface area contributed by atoms with Crippen LogP contribution in [0.3, 0.4) is 0 Å². The molecule has 5 rings (SSSR count). The van der Waals surface area contributed by atoms with Crippen LogP contribution in [0.5, 0.6) is 11.5 Å². The fourth-order valence-corrected chi connectivity index (χ4v) is 8.26. The van der Waals surface area contributed by atoms with Gasteiger partial charge < -0.3 is 9.47 Å². The van der Waals surface area contributed by atoms with Gasteiger partial charge in [0.15, 0.2) is 17.3 Å². The maximum absolute atomic E-state index is 12.0. The topological polar surface area (TPSA) is 47.9 Å². The largest absolute Gasteiger partial charge is 0.493 e. The summed E-state index contributed by atoms with van der Waals surface area (Å²) < 4.78 is 11.8. The van der Waals surface area contributed by atoms with E-state index in [0.29, 0.717) is 24.2 Å². The molecule has 0 spiro atoms. The van der Waals surface area contributed by atoms with E-state index in [4.69, 9.17) is 14.5 Å². The van der Waals surface area contributed by atoms with Gasteiger partial charge in [-0.05, 0) is 111 Å². The van der Waals surface area contributed by atoms with E-state index in [9.17, 15) is 4.79 Å². The van der Waals surface area contributed by atoms with Crippen LogP contribution in [0.15, 0.2) is 34.8 Å². The molecule has 5 unspecified atom stereocenters. The van der Waals surface area contributed by atoms with Crippen molar-refractivity contribution in [1.29, 1.82) is 0 Å². The molecule has 0 heterocycles. The zero-order valence-corrected chi connectivity index (χ0v) is 20.6. The van der Waals surface area contributed by atoms with Crippen LogP contribution in [0.25, 0.3) is 0 Å². The summed E-state index contributed by atoms with van der Waals surface area (Å²) in [5.41, 5.74) is 2.70. The van der Waals surface area contributed by atoms with Crippen molar-refractivity contribution < 1.29 is 14.3 Å². The molecule has 4 heteroatoms. The third-order valence-electron chi connectivity index (χ3n) is 10.0. The number of carbonyl (C=O) groups is 1. The molecule has 3 fully saturated rings. The highest BCUT2D eigenvalue weighted by molar-refractivity contribution is 5.91. The lowest BCUT2D eigenvalue weighted by molar-refractivity contribution is -0.116. The minimum absolute atomic E-state index is 0.112. The summed E-state index contributed by atoms with van der Waals surface area (Å²) >= 11 is 0. The minimum Gasteiger partial charge on any atom is -0.493 e. The van der Waals surface area contributed by atoms with Crippen LogP contribution < -0.4 is 9.47 Å². The van der Waals surface area contributed by atoms with Gasteiger partial charge in [0.2, 0.25) is 0 Å². The summed E-state index contributed by atoms with van der Waals surface area (Å²) in [7, 11) is 1.70. The number of hydrogen-bond donors (Lipinski definition) is 0. The van der Waals surface area contributed by atoms with Crippen LogP contribution in [0, 0.1) is 36.0 Å². The van der Waals surface area contributed by atoms with Crippen LogP contribution >= 0.6 is 0 Å². The van der Waals surface area contributed by atoms with Gasteiger partial charge in [0.25, 0.3) is 0 Å². The van der Waals surface area contributed by atoms with Crippen LogP contribution in [0.1, 0.15) is 70.3 Å². The second kappa shape index (κ2) is 8.60. The van der Waals surface area contributed by atoms with Gasteiger partial charge in [-0.2, -0.15) is 0 Å². The molecule has 6 atom stereocenters. The number of rotatable bonds is 6. The van der Waals surface area contributed by atoms with Crippen molar-refractivity contribution in [2.75, 3.05) is 13.7 Å². The predicted octanol–water partition coefficient (Wildman–Crippen LogP) is 6.35. The van der Waals surface area contributed by atoms with Crippen molar-refractivity contribution in [3.8, 4) is 11.5 Å². The van der Waals surface area contributed by atoms with Gasteiger partial charge in [-0.1, -0.05) is 18.6 Å². The van der Waals surface area contributed by atoms with Crippen molar-refractivity contribution in [2.24, 2.45) is 34.1 Å². The average Bonchev–Trinajstić information content (AvgIpc) is 3.12. The second-order valence-electron chi connectivity index (χ2n) is 11.2. The lowest BCUT2D eigenvalue weighted by atomic mass is 9.50. The maximum Gasteiger partial charge on any atom is 0.161 e. The average molecular weight is 450 g/mol. The molecule has 178 valence electrons. The van der Waals surface area contributed by atoms with Gasteiger partial charge in [-0.15, -0.1) is 0 Å². The Morgan fingerprint density at radius 3 is 2.73 bits per heavy atom. The highest BCUT2D eigenvalue weighted by atomic mass is 16.5. The molecule has 0 bridgehead atoms. The van der Waals surface area contributed by atoms with E-state index in [1.807, 2.05) is 18.2 Å². The normalized spacial score (nSPS) is 37.4. The molecule has 0 radical (unpaired) electrons. The highest BCUT2D eigenvalue weighted by Gasteiger charge is 2.62. The number of ketones is 1. The standard InChI is InChI=1S/C29H39NO3/c1-19-5-10-26(27(17-19)32-4)33-16-15-29(30-3)14-12-25-24-8-6-20-18-21(31)7-9-22(20)23(24)11-13-28(25,29)2/h5,10,17-18,22-25H,3,6-9,11-16H2,1-2,4H3/t22?,23?,24?,25?,28?,29-/m0/s1. The van der Waals surface area contributed by atoms with E-state index >= 15 is 0 Å². The SMILES string of the molecule is C=N[C@]1(CCOc2ccc(C)cc2OC)CCC2C3CCC4=CC(=O)CCC4C3CCC21C. The first-order chi connectivity index (χ1) is 15.9. The Kier molecular flexibility index (Phi) is 5.91. The fraction of sp³-hybridized carbons (Fsp3) is 0.655. The minimum atomic E-state index is -0.112. The van der Waals surface area contributed by atoms with Crippen LogP contribution in [-0.2, 0) is 4.79 Å². The summed E-state index contributed by atoms with van der Waals surface area (Å²) in [5, 5.41) is 0. The molecule has 4 nitrogen and oxygen atoms in total. The molecule has 0 amide bonds. The molecule has 33 heavy (non-hydrogen) atoms. The molecule has 1 aromatic carbocycles. The number of benzene rings is 1. The third kappa shape index (κ3) is 3.65. The van der Waals surface area contributed by atoms with Gasteiger partial charge in [-0.25, -0.2) is 0 Å². The van der Waals surface area contributed by atoms with E-state index < -0.39 is 0 Å². The monoisotopic (exact) mass is 449 g/mol. The smallest absolute Gasteiger partial charge is 0.161 e. The molecule has 1 aromatic rings. The molecular weight excluding hydrogens is 410 g/mol. The van der Waals surface area contributed by atoms with Crippen molar-refractivity contribution in [2.45, 2.75) is 77.2 Å². The zero-order chi connectivity index (χ0) is 23.2. The van der Waals surface area contributed by atoms with Crippen LogP contribution in [0.4, 0.5) is 0 Å². The lowest BCUT2D eigenvalue weighted by Crippen LogP contribution is -2.52. The first-order valence-electron chi connectivity index (χ1n) is 12.9. The second-order valence-corrected chi connectivity index (χ2v) is 11.2. The molecule has 0 saturated heterocycles. The number of methoxy groups -OCH3 is 1. The third-order valence-corrected chi connectivity index (χ3v) is 10.0. The predicted molar refractivity (Wildman–Crippen MR) is 132 cm³/mol. The molecule has 4 aliphatic carbocycles. The highest BCUT2D eigenvalue weighted by Crippen LogP contribution is 2.66. The number of hydrogen-bond acceptors (Lipinski definition) is 4. The molecule has 0 aliphatic heterocycles. The summed E-state index contributed by atoms with van der Waals surface area (Å²) in [5.74, 6) is 4.82. The number of aryl methyl sites for hydroxylation is 1. The van der Waals surface area contributed by atoms with Gasteiger partial charge in [0.05, 0.1) is 19.3 Å². The Morgan fingerprint density at radius 2 is 1.94 bits per heavy atom. The van der Waals surface area contributed by atoms with E-state index in [0.717, 1.165) is 55.4 Å². The summed E-state index contributed by atoms with van der Waals surface area (Å²) in [6.45, 7) is 9.32. The molecule has 0 N–H and O–H groups in total. The Morgan fingerprint density at radius 1 is 1.09 bits per heavy atom. The van der Waals surface area contributed by atoms with Gasteiger partial charge in [0.1, 0.15) is 0 Å². The summed E-state index contributed by atoms with van der Waals surface area (Å²) in [6, 6.07) is 6.10. The number of fused-ring (bicyclic) bond motifs is 5. The summed E-state index contributed by atoms with van der Waals surface area (Å²) in [6.07, 6.45) is 11.9. The van der Waals surface area contributed by atoms with Crippen molar-refractivity contribution in [1.82, 2.24) is 0 Å². The van der Waals surface area contributed by atoms with Gasteiger partial charge >= 0.3 is 0 Å². The fourth-order valence-electron chi connectivity index (χ4n) is 8.26. The number of allylic oxidation sites excluding steroid dienone is 1. The van der Waals surface area contributed by atoms with Crippen LogP contribution in [0.2, 0.25) is 0 Å². The molecule has 3 saturated carbocycles. The van der Waals surface area contributed by atoms with E-state index in [1.165, 1.54) is 36.8 Å². The van der Waals surface area contributed by atoms with Crippen LogP contribution in [-0.4, -0.2) is 31.8 Å². The maximum atomic E-state index is 12.0. The Labute approximate surface area is 198 Å². The molecule has 0 aromatic heterocycles. The lowest BCUT2D eigenvalue weighted by Gasteiger charge is -2.56. The van der Waals surface area contributed by atoms with Crippen molar-refractivity contribution in [3.63, 3.8) is 0 Å². The summed E-state index contributed by atoms with van der Waals surface area (Å²) in [4.78, 5) is 16.9. The van der Waals surface area contributed by atoms with Gasteiger partial charge in [-0.3, -0.25) is 9.79 Å². The Balaban J connectivity index is 1.32. The first kappa shape index (κ1) is 22.7. The van der Waals surface area contributed by atoms with Crippen molar-refractivity contribution >= 4 is 12.5 Å². The van der Waals surface area contributed by atoms with E-state index in [2.05, 4.69) is 26.6 Å². The first-order valence-corrected chi connectivity index (χ1v) is 12.9. The Bertz CT molecular complexity index is 968. The Hall–Kier alpha value is -2.10. The van der Waals surface area contributed by atoms with Crippen molar-refractivity contribution in [3.05, 3.63) is 35.4 Å². The number of carbonyl (C=O) groups excluding carboxylic acids is 1. The molecule has 4 aliphatic rings. The van der Waals surface area contributed by atoms with Gasteiger partial charge in [0, 0.05) is 12.8 Å². The van der Waals surface area contributed by atoms with E-state index in [1.54, 1.807) is 7.11 Å². The quantitative estimate of drug-likeness (QED) is 0.475. The molecular formula is C29H39NO3.